The molecule has 1 saturated heterocycles. The third kappa shape index (κ3) is 4.84. The maximum Gasteiger partial charge on any atom is 0.290 e. The fourth-order valence-electron chi connectivity index (χ4n) is 2.77. The van der Waals surface area contributed by atoms with Gasteiger partial charge in [0.2, 0.25) is 16.0 Å². The van der Waals surface area contributed by atoms with E-state index in [1.807, 2.05) is 0 Å². The van der Waals surface area contributed by atoms with Gasteiger partial charge in [-0.1, -0.05) is 12.1 Å². The number of fused-ring (bicyclic) bond motifs is 1. The molecule has 1 fully saturated rings. The van der Waals surface area contributed by atoms with Gasteiger partial charge >= 0.3 is 0 Å². The van der Waals surface area contributed by atoms with E-state index < -0.39 is 21.2 Å². The number of benzene rings is 1. The summed E-state index contributed by atoms with van der Waals surface area (Å²) in [6, 6.07) is 6.64. The van der Waals surface area contributed by atoms with Crippen molar-refractivity contribution in [3.8, 4) is 0 Å². The molecule has 13 heteroatoms. The molecule has 31 heavy (non-hydrogen) atoms. The van der Waals surface area contributed by atoms with Crippen LogP contribution in [-0.2, 0) is 14.8 Å². The zero-order valence-corrected chi connectivity index (χ0v) is 17.4. The molecule has 1 aliphatic rings. The summed E-state index contributed by atoms with van der Waals surface area (Å²) in [5.74, 6) is -0.120. The lowest BCUT2D eigenvalue weighted by atomic mass is 10.2. The van der Waals surface area contributed by atoms with Gasteiger partial charge in [-0.05, 0) is 23.9 Å². The van der Waals surface area contributed by atoms with Crippen molar-refractivity contribution in [1.29, 1.82) is 0 Å². The average Bonchev–Trinajstić information content (AvgIpc) is 3.07. The molecule has 3 aromatic rings. The fraction of sp³-hybridized carbons (Fsp3) is 0.111. The number of pyridine rings is 1. The molecule has 2 amide bonds. The summed E-state index contributed by atoms with van der Waals surface area (Å²) in [5.41, 5.74) is 0. The van der Waals surface area contributed by atoms with Crippen LogP contribution in [0, 0.1) is 0 Å². The number of thioether (sulfide) groups is 1. The minimum atomic E-state index is -3.74. The molecule has 3 N–H and O–H groups in total. The normalized spacial score (nSPS) is 15.4. The molecule has 0 unspecified atom stereocenters. The monoisotopic (exact) mass is 457 g/mol. The van der Waals surface area contributed by atoms with Gasteiger partial charge in [0.1, 0.15) is 6.33 Å². The second-order valence-corrected chi connectivity index (χ2v) is 8.95. The van der Waals surface area contributed by atoms with Crippen molar-refractivity contribution in [1.82, 2.24) is 30.0 Å². The Morgan fingerprint density at radius 1 is 1.13 bits per heavy atom. The summed E-state index contributed by atoms with van der Waals surface area (Å²) in [4.78, 5) is 39.2. The molecular formula is C18H15N7O4S2. The Morgan fingerprint density at radius 3 is 2.81 bits per heavy atom. The van der Waals surface area contributed by atoms with E-state index >= 15 is 0 Å². The van der Waals surface area contributed by atoms with Gasteiger partial charge in [0, 0.05) is 42.3 Å². The minimum Gasteiger partial charge on any atom is -0.353 e. The second-order valence-electron chi connectivity index (χ2n) is 6.20. The van der Waals surface area contributed by atoms with E-state index in [-0.39, 0.29) is 34.7 Å². The van der Waals surface area contributed by atoms with Gasteiger partial charge in [0.25, 0.3) is 11.1 Å². The van der Waals surface area contributed by atoms with Crippen LogP contribution in [0.15, 0.2) is 52.8 Å². The number of nitrogens with one attached hydrogen (secondary N) is 3. The topological polar surface area (TPSA) is 156 Å². The van der Waals surface area contributed by atoms with Gasteiger partial charge in [-0.15, -0.1) is 0 Å². The molecule has 0 bridgehead atoms. The summed E-state index contributed by atoms with van der Waals surface area (Å²) in [7, 11) is -3.74. The summed E-state index contributed by atoms with van der Waals surface area (Å²) in [5, 5.41) is 5.88. The lowest BCUT2D eigenvalue weighted by molar-refractivity contribution is -0.115. The van der Waals surface area contributed by atoms with Crippen molar-refractivity contribution in [3.63, 3.8) is 0 Å². The number of hydrogen-bond acceptors (Lipinski definition) is 10. The molecule has 0 spiro atoms. The van der Waals surface area contributed by atoms with E-state index in [0.717, 1.165) is 17.1 Å². The molecule has 0 aliphatic carbocycles. The number of hydrogen-bond donors (Lipinski definition) is 3. The maximum absolute atomic E-state index is 12.7. The van der Waals surface area contributed by atoms with Crippen molar-refractivity contribution in [3.05, 3.63) is 53.7 Å². The van der Waals surface area contributed by atoms with Crippen molar-refractivity contribution in [2.45, 2.75) is 4.90 Å². The molecule has 1 aliphatic heterocycles. The zero-order chi connectivity index (χ0) is 21.8. The molecule has 1 aromatic carbocycles. The Labute approximate surface area is 180 Å². The van der Waals surface area contributed by atoms with Crippen LogP contribution in [0.3, 0.4) is 0 Å². The standard InChI is InChI=1S/C18H15N7O4S2/c26-16-13(30-18(27)25-16)8-15-21-10-22-17(24-15)20-6-7-23-31(28,29)14-3-1-2-11-9-19-5-4-12(11)14/h1-5,8-10,23H,6-7H2,(H,25,26,27)(H,20,21,22,24)/b13-8+. The molecule has 4 rings (SSSR count). The Kier molecular flexibility index (Phi) is 5.88. The van der Waals surface area contributed by atoms with Gasteiger partial charge in [-0.3, -0.25) is 19.9 Å². The average molecular weight is 457 g/mol. The summed E-state index contributed by atoms with van der Waals surface area (Å²) in [6.45, 7) is 0.290. The number of nitrogens with zero attached hydrogens (tertiary/aromatic N) is 4. The van der Waals surface area contributed by atoms with Crippen LogP contribution in [0.25, 0.3) is 16.8 Å². The van der Waals surface area contributed by atoms with Crippen molar-refractivity contribution >= 4 is 55.7 Å². The zero-order valence-electron chi connectivity index (χ0n) is 15.8. The molecule has 3 heterocycles. The highest BCUT2D eigenvalue weighted by molar-refractivity contribution is 8.18. The van der Waals surface area contributed by atoms with E-state index in [2.05, 4.69) is 35.3 Å². The first kappa shape index (κ1) is 20.8. The molecule has 11 nitrogen and oxygen atoms in total. The first-order valence-electron chi connectivity index (χ1n) is 8.92. The third-order valence-corrected chi connectivity index (χ3v) is 6.45. The number of carbonyl (C=O) groups excluding carboxylic acids is 2. The minimum absolute atomic E-state index is 0.0820. The first-order chi connectivity index (χ1) is 14.9. The van der Waals surface area contributed by atoms with Crippen LogP contribution in [-0.4, -0.2) is 52.6 Å². The number of rotatable bonds is 7. The van der Waals surface area contributed by atoms with Crippen LogP contribution in [0.1, 0.15) is 5.82 Å². The first-order valence-corrected chi connectivity index (χ1v) is 11.2. The number of amides is 2. The number of sulfonamides is 1. The van der Waals surface area contributed by atoms with E-state index in [1.54, 1.807) is 30.6 Å². The Bertz CT molecular complexity index is 1310. The molecule has 0 saturated carbocycles. The maximum atomic E-state index is 12.7. The second kappa shape index (κ2) is 8.75. The Hall–Kier alpha value is -3.42. The highest BCUT2D eigenvalue weighted by atomic mass is 32.2. The van der Waals surface area contributed by atoms with Crippen molar-refractivity contribution in [2.75, 3.05) is 18.4 Å². The van der Waals surface area contributed by atoms with Gasteiger partial charge in [-0.25, -0.2) is 23.1 Å². The number of anilines is 1. The predicted octanol–water partition coefficient (Wildman–Crippen LogP) is 1.13. The molecule has 158 valence electrons. The van der Waals surface area contributed by atoms with E-state index in [4.69, 9.17) is 0 Å². The van der Waals surface area contributed by atoms with Crippen LogP contribution in [0.2, 0.25) is 0 Å². The molecule has 0 radical (unpaired) electrons. The Morgan fingerprint density at radius 2 is 2.00 bits per heavy atom. The van der Waals surface area contributed by atoms with Gasteiger partial charge in [0.15, 0.2) is 5.82 Å². The van der Waals surface area contributed by atoms with Crippen LogP contribution in [0.5, 0.6) is 0 Å². The van der Waals surface area contributed by atoms with Crippen molar-refractivity contribution < 1.29 is 18.0 Å². The SMILES string of the molecule is O=C1NC(=O)/C(=C\c2ncnc(NCCNS(=O)(=O)c3cccc4cnccc34)n2)S1. The van der Waals surface area contributed by atoms with E-state index in [0.29, 0.717) is 5.39 Å². The quantitative estimate of drug-likeness (QED) is 0.347. The molecule has 2 aromatic heterocycles. The summed E-state index contributed by atoms with van der Waals surface area (Å²) in [6.07, 6.45) is 5.76. The van der Waals surface area contributed by atoms with Crippen molar-refractivity contribution in [2.24, 2.45) is 0 Å². The van der Waals surface area contributed by atoms with Gasteiger partial charge in [-0.2, -0.15) is 4.98 Å². The van der Waals surface area contributed by atoms with E-state index in [9.17, 15) is 18.0 Å². The lowest BCUT2D eigenvalue weighted by Crippen LogP contribution is -2.29. The van der Waals surface area contributed by atoms with Crippen LogP contribution >= 0.6 is 11.8 Å². The smallest absolute Gasteiger partial charge is 0.290 e. The third-order valence-electron chi connectivity index (χ3n) is 4.12. The molecule has 0 atom stereocenters. The molecular weight excluding hydrogens is 442 g/mol. The number of imide groups is 1. The van der Waals surface area contributed by atoms with Gasteiger partial charge in [0.05, 0.1) is 9.80 Å². The summed E-state index contributed by atoms with van der Waals surface area (Å²) >= 11 is 0.757. The highest BCUT2D eigenvalue weighted by Crippen LogP contribution is 2.24. The lowest BCUT2D eigenvalue weighted by Gasteiger charge is -2.10. The van der Waals surface area contributed by atoms with Gasteiger partial charge < -0.3 is 5.32 Å². The fourth-order valence-corrected chi connectivity index (χ4v) is 4.68. The number of aromatic nitrogens is 4. The van der Waals surface area contributed by atoms with Crippen LogP contribution in [0.4, 0.5) is 10.7 Å². The summed E-state index contributed by atoms with van der Waals surface area (Å²) < 4.78 is 27.9. The Balaban J connectivity index is 1.38. The highest BCUT2D eigenvalue weighted by Gasteiger charge is 2.25. The van der Waals surface area contributed by atoms with E-state index in [1.165, 1.54) is 18.5 Å². The predicted molar refractivity (Wildman–Crippen MR) is 114 cm³/mol. The largest absolute Gasteiger partial charge is 0.353 e. The van der Waals surface area contributed by atoms with Crippen LogP contribution < -0.4 is 15.4 Å². The number of carbonyl (C=O) groups is 2.